The Morgan fingerprint density at radius 2 is 2.22 bits per heavy atom. The zero-order valence-electron chi connectivity index (χ0n) is 10.7. The molecule has 0 spiro atoms. The van der Waals surface area contributed by atoms with Crippen molar-refractivity contribution < 1.29 is 4.39 Å². The van der Waals surface area contributed by atoms with Gasteiger partial charge in [-0.2, -0.15) is 0 Å². The van der Waals surface area contributed by atoms with E-state index in [-0.39, 0.29) is 5.82 Å². The summed E-state index contributed by atoms with van der Waals surface area (Å²) in [6.07, 6.45) is 0.494. The number of nitrogens with zero attached hydrogens (tertiary/aromatic N) is 1. The molecule has 2 rings (SSSR count). The van der Waals surface area contributed by atoms with Crippen molar-refractivity contribution >= 4 is 0 Å². The van der Waals surface area contributed by atoms with Crippen LogP contribution in [-0.4, -0.2) is 37.1 Å². The van der Waals surface area contributed by atoms with E-state index in [1.54, 1.807) is 12.1 Å². The van der Waals surface area contributed by atoms with Gasteiger partial charge < -0.3 is 5.32 Å². The molecular weight excluding hydrogens is 227 g/mol. The lowest BCUT2D eigenvalue weighted by molar-refractivity contribution is 0.229. The minimum absolute atomic E-state index is 0.164. The lowest BCUT2D eigenvalue weighted by Gasteiger charge is -2.30. The Hall–Kier alpha value is -1.37. The highest BCUT2D eigenvalue weighted by Gasteiger charge is 2.13. The largest absolute Gasteiger partial charge is 0.312 e. The second-order valence-electron chi connectivity index (χ2n) is 4.71. The topological polar surface area (TPSA) is 15.3 Å². The fraction of sp³-hybridized carbons (Fsp3) is 0.467. The molecule has 0 aliphatic carbocycles. The first-order valence-electron chi connectivity index (χ1n) is 6.40. The molecule has 1 saturated heterocycles. The van der Waals surface area contributed by atoms with E-state index in [1.807, 2.05) is 6.07 Å². The molecule has 1 aliphatic heterocycles. The molecule has 1 fully saturated rings. The standard InChI is InChI=1S/C15H19FN2/c1-13-12-18(11-9-17-13)10-5-4-7-14-6-2-3-8-15(14)16/h2-3,6,8,13,17H,7,9-12H2,1H3. The molecule has 3 heteroatoms. The second-order valence-corrected chi connectivity index (χ2v) is 4.71. The van der Waals surface area contributed by atoms with Gasteiger partial charge in [-0.15, -0.1) is 0 Å². The first-order valence-corrected chi connectivity index (χ1v) is 6.40. The van der Waals surface area contributed by atoms with Gasteiger partial charge in [-0.3, -0.25) is 4.90 Å². The van der Waals surface area contributed by atoms with Crippen molar-refractivity contribution in [3.8, 4) is 11.8 Å². The Morgan fingerprint density at radius 1 is 1.39 bits per heavy atom. The van der Waals surface area contributed by atoms with Crippen LogP contribution in [0.1, 0.15) is 12.5 Å². The normalized spacial score (nSPS) is 20.2. The van der Waals surface area contributed by atoms with E-state index in [2.05, 4.69) is 29.0 Å². The zero-order valence-corrected chi connectivity index (χ0v) is 10.7. The Morgan fingerprint density at radius 3 is 3.00 bits per heavy atom. The minimum Gasteiger partial charge on any atom is -0.312 e. The summed E-state index contributed by atoms with van der Waals surface area (Å²) >= 11 is 0. The number of hydrogen-bond acceptors (Lipinski definition) is 2. The van der Waals surface area contributed by atoms with E-state index in [1.165, 1.54) is 6.07 Å². The molecule has 0 aromatic heterocycles. The summed E-state index contributed by atoms with van der Waals surface area (Å²) < 4.78 is 13.3. The van der Waals surface area contributed by atoms with Crippen molar-refractivity contribution in [3.05, 3.63) is 35.6 Å². The molecule has 0 radical (unpaired) electrons. The molecule has 1 N–H and O–H groups in total. The molecule has 1 unspecified atom stereocenters. The zero-order chi connectivity index (χ0) is 12.8. The van der Waals surface area contributed by atoms with Crippen molar-refractivity contribution in [3.63, 3.8) is 0 Å². The van der Waals surface area contributed by atoms with Crippen LogP contribution in [0.25, 0.3) is 0 Å². The van der Waals surface area contributed by atoms with Crippen molar-refractivity contribution in [2.45, 2.75) is 19.4 Å². The number of nitrogens with one attached hydrogen (secondary N) is 1. The fourth-order valence-electron chi connectivity index (χ4n) is 2.12. The van der Waals surface area contributed by atoms with Crippen molar-refractivity contribution in [1.29, 1.82) is 0 Å². The van der Waals surface area contributed by atoms with Gasteiger partial charge in [0, 0.05) is 32.1 Å². The molecule has 1 atom stereocenters. The van der Waals surface area contributed by atoms with Crippen LogP contribution in [-0.2, 0) is 6.42 Å². The maximum absolute atomic E-state index is 13.3. The summed E-state index contributed by atoms with van der Waals surface area (Å²) in [6, 6.07) is 7.35. The number of piperazine rings is 1. The molecule has 1 aromatic carbocycles. The highest BCUT2D eigenvalue weighted by atomic mass is 19.1. The third kappa shape index (κ3) is 3.83. The smallest absolute Gasteiger partial charge is 0.127 e. The molecule has 0 saturated carbocycles. The quantitative estimate of drug-likeness (QED) is 0.799. The van der Waals surface area contributed by atoms with Crippen molar-refractivity contribution in [1.82, 2.24) is 10.2 Å². The van der Waals surface area contributed by atoms with Crippen LogP contribution in [0.15, 0.2) is 24.3 Å². The van der Waals surface area contributed by atoms with Crippen LogP contribution in [0.4, 0.5) is 4.39 Å². The van der Waals surface area contributed by atoms with Gasteiger partial charge in [0.1, 0.15) is 5.82 Å². The molecule has 0 amide bonds. The molecule has 0 bridgehead atoms. The first kappa shape index (κ1) is 13.1. The second kappa shape index (κ2) is 6.53. The Labute approximate surface area is 108 Å². The fourth-order valence-corrected chi connectivity index (χ4v) is 2.12. The molecule has 1 aliphatic rings. The van der Waals surface area contributed by atoms with Crippen LogP contribution in [0, 0.1) is 17.7 Å². The van der Waals surface area contributed by atoms with Gasteiger partial charge in [-0.25, -0.2) is 4.39 Å². The predicted molar refractivity (Wildman–Crippen MR) is 71.8 cm³/mol. The minimum atomic E-state index is -0.164. The van der Waals surface area contributed by atoms with Crippen LogP contribution >= 0.6 is 0 Å². The third-order valence-electron chi connectivity index (χ3n) is 3.12. The Kier molecular flexibility index (Phi) is 4.74. The Balaban J connectivity index is 1.81. The average molecular weight is 246 g/mol. The number of benzene rings is 1. The summed E-state index contributed by atoms with van der Waals surface area (Å²) in [5.74, 6) is 6.02. The number of halogens is 1. The lowest BCUT2D eigenvalue weighted by Crippen LogP contribution is -2.49. The van der Waals surface area contributed by atoms with Crippen LogP contribution in [0.2, 0.25) is 0 Å². The van der Waals surface area contributed by atoms with Crippen molar-refractivity contribution in [2.24, 2.45) is 0 Å². The van der Waals surface area contributed by atoms with E-state index in [4.69, 9.17) is 0 Å². The van der Waals surface area contributed by atoms with E-state index in [0.717, 1.165) is 26.2 Å². The number of rotatable bonds is 2. The van der Waals surface area contributed by atoms with Crippen LogP contribution in [0.5, 0.6) is 0 Å². The average Bonchev–Trinajstić information content (AvgIpc) is 2.37. The maximum atomic E-state index is 13.3. The molecule has 96 valence electrons. The molecular formula is C15H19FN2. The lowest BCUT2D eigenvalue weighted by atomic mass is 10.1. The molecule has 18 heavy (non-hydrogen) atoms. The predicted octanol–water partition coefficient (Wildman–Crippen LogP) is 1.67. The highest BCUT2D eigenvalue weighted by molar-refractivity contribution is 5.22. The summed E-state index contributed by atoms with van der Waals surface area (Å²) in [4.78, 5) is 2.33. The summed E-state index contributed by atoms with van der Waals surface area (Å²) in [5, 5.41) is 3.40. The highest BCUT2D eigenvalue weighted by Crippen LogP contribution is 2.06. The third-order valence-corrected chi connectivity index (χ3v) is 3.12. The monoisotopic (exact) mass is 246 g/mol. The van der Waals surface area contributed by atoms with Gasteiger partial charge >= 0.3 is 0 Å². The van der Waals surface area contributed by atoms with E-state index < -0.39 is 0 Å². The number of hydrogen-bond donors (Lipinski definition) is 1. The Bertz CT molecular complexity index is 447. The van der Waals surface area contributed by atoms with Gasteiger partial charge in [0.25, 0.3) is 0 Å². The van der Waals surface area contributed by atoms with Gasteiger partial charge in [0.2, 0.25) is 0 Å². The van der Waals surface area contributed by atoms with E-state index in [9.17, 15) is 4.39 Å². The van der Waals surface area contributed by atoms with Crippen LogP contribution < -0.4 is 5.32 Å². The SMILES string of the molecule is CC1CN(CC#CCc2ccccc2F)CCN1. The first-order chi connectivity index (χ1) is 8.75. The van der Waals surface area contributed by atoms with E-state index in [0.29, 0.717) is 18.0 Å². The van der Waals surface area contributed by atoms with Crippen LogP contribution in [0.3, 0.4) is 0 Å². The molecule has 1 heterocycles. The molecule has 1 aromatic rings. The van der Waals surface area contributed by atoms with Gasteiger partial charge in [0.15, 0.2) is 0 Å². The van der Waals surface area contributed by atoms with Gasteiger partial charge in [-0.05, 0) is 18.6 Å². The summed E-state index contributed by atoms with van der Waals surface area (Å²) in [5.41, 5.74) is 0.679. The summed E-state index contributed by atoms with van der Waals surface area (Å²) in [7, 11) is 0. The van der Waals surface area contributed by atoms with E-state index >= 15 is 0 Å². The van der Waals surface area contributed by atoms with Crippen molar-refractivity contribution in [2.75, 3.05) is 26.2 Å². The maximum Gasteiger partial charge on any atom is 0.127 e. The summed E-state index contributed by atoms with van der Waals surface area (Å²) in [6.45, 7) is 6.06. The van der Waals surface area contributed by atoms with Gasteiger partial charge in [-0.1, -0.05) is 30.0 Å². The molecule has 2 nitrogen and oxygen atoms in total. The van der Waals surface area contributed by atoms with Gasteiger partial charge in [0.05, 0.1) is 6.54 Å².